The van der Waals surface area contributed by atoms with Crippen LogP contribution in [0.1, 0.15) is 20.3 Å². The molecule has 0 saturated carbocycles. The van der Waals surface area contributed by atoms with Crippen molar-refractivity contribution in [2.45, 2.75) is 43.9 Å². The Morgan fingerprint density at radius 1 is 0.867 bits per heavy atom. The summed E-state index contributed by atoms with van der Waals surface area (Å²) >= 11 is 0. The van der Waals surface area contributed by atoms with Gasteiger partial charge in [-0.15, -0.1) is 0 Å². The van der Waals surface area contributed by atoms with E-state index in [1.807, 2.05) is 0 Å². The van der Waals surface area contributed by atoms with Gasteiger partial charge in [0.15, 0.2) is 0 Å². The summed E-state index contributed by atoms with van der Waals surface area (Å²) < 4.78 is 85.2. The summed E-state index contributed by atoms with van der Waals surface area (Å²) in [5, 5.41) is 8.82. The van der Waals surface area contributed by atoms with E-state index >= 15 is 0 Å². The molecule has 0 fully saturated rings. The third kappa shape index (κ3) is 2.04. The SMILES string of the molecule is CCC(C)(O)C(F)(F)C(F)(F)C(F)(F)F. The summed E-state index contributed by atoms with van der Waals surface area (Å²) in [7, 11) is 0. The number of aliphatic hydroxyl groups is 1. The fourth-order valence-electron chi connectivity index (χ4n) is 0.738. The molecule has 0 aliphatic rings. The lowest BCUT2D eigenvalue weighted by Gasteiger charge is -2.37. The van der Waals surface area contributed by atoms with Gasteiger partial charge in [-0.1, -0.05) is 6.92 Å². The second-order valence-electron chi connectivity index (χ2n) is 3.27. The second kappa shape index (κ2) is 3.50. The molecule has 0 bridgehead atoms. The lowest BCUT2D eigenvalue weighted by atomic mass is 9.90. The Balaban J connectivity index is 5.38. The van der Waals surface area contributed by atoms with Crippen LogP contribution in [0.3, 0.4) is 0 Å². The van der Waals surface area contributed by atoms with E-state index in [4.69, 9.17) is 5.11 Å². The average molecular weight is 242 g/mol. The summed E-state index contributed by atoms with van der Waals surface area (Å²) in [5.74, 6) is -11.8. The zero-order valence-electron chi connectivity index (χ0n) is 7.80. The molecule has 0 amide bonds. The van der Waals surface area contributed by atoms with Crippen molar-refractivity contribution in [1.82, 2.24) is 0 Å². The molecule has 0 aromatic rings. The molecule has 0 heterocycles. The molecule has 0 radical (unpaired) electrons. The Labute approximate surface area is 80.9 Å². The highest BCUT2D eigenvalue weighted by Gasteiger charge is 2.77. The van der Waals surface area contributed by atoms with Gasteiger partial charge >= 0.3 is 18.0 Å². The maximum Gasteiger partial charge on any atom is 0.459 e. The molecule has 8 heteroatoms. The maximum absolute atomic E-state index is 12.8. The van der Waals surface area contributed by atoms with Crippen molar-refractivity contribution in [1.29, 1.82) is 0 Å². The molecule has 0 spiro atoms. The number of alkyl halides is 7. The standard InChI is InChI=1S/C7H9F7O/c1-3-4(2,15)5(8,9)6(10,11)7(12,13)14/h15H,3H2,1-2H3. The van der Waals surface area contributed by atoms with Crippen molar-refractivity contribution in [3.05, 3.63) is 0 Å². The first-order valence-corrected chi connectivity index (χ1v) is 3.86. The molecular formula is C7H9F7O. The Hall–Kier alpha value is -0.530. The predicted molar refractivity (Wildman–Crippen MR) is 36.9 cm³/mol. The molecule has 0 aromatic heterocycles. The van der Waals surface area contributed by atoms with E-state index < -0.39 is 30.0 Å². The maximum atomic E-state index is 12.8. The van der Waals surface area contributed by atoms with E-state index in [0.29, 0.717) is 0 Å². The highest BCUT2D eigenvalue weighted by Crippen LogP contribution is 2.51. The first-order chi connectivity index (χ1) is 6.31. The van der Waals surface area contributed by atoms with Gasteiger partial charge in [-0.3, -0.25) is 0 Å². The Morgan fingerprint density at radius 3 is 1.40 bits per heavy atom. The molecule has 1 nitrogen and oxygen atoms in total. The fraction of sp³-hybridized carbons (Fsp3) is 1.00. The van der Waals surface area contributed by atoms with Gasteiger partial charge in [0, 0.05) is 0 Å². The number of rotatable bonds is 3. The Kier molecular flexibility index (Phi) is 3.37. The first-order valence-electron chi connectivity index (χ1n) is 3.86. The number of hydrogen-bond acceptors (Lipinski definition) is 1. The topological polar surface area (TPSA) is 20.2 Å². The van der Waals surface area contributed by atoms with E-state index in [-0.39, 0.29) is 6.92 Å². The van der Waals surface area contributed by atoms with Gasteiger partial charge in [0.1, 0.15) is 5.60 Å². The van der Waals surface area contributed by atoms with Crippen LogP contribution in [0.2, 0.25) is 0 Å². The summed E-state index contributed by atoms with van der Waals surface area (Å²) in [4.78, 5) is 0. The van der Waals surface area contributed by atoms with Crippen LogP contribution < -0.4 is 0 Å². The molecule has 15 heavy (non-hydrogen) atoms. The summed E-state index contributed by atoms with van der Waals surface area (Å²) in [6.07, 6.45) is -7.35. The number of hydrogen-bond donors (Lipinski definition) is 1. The molecule has 0 rings (SSSR count). The van der Waals surface area contributed by atoms with Gasteiger partial charge in [0.05, 0.1) is 0 Å². The largest absolute Gasteiger partial charge is 0.459 e. The van der Waals surface area contributed by atoms with E-state index in [2.05, 4.69) is 0 Å². The smallest absolute Gasteiger partial charge is 0.384 e. The van der Waals surface area contributed by atoms with Gasteiger partial charge in [0.2, 0.25) is 0 Å². The molecule has 0 saturated heterocycles. The third-order valence-corrected chi connectivity index (χ3v) is 2.12. The van der Waals surface area contributed by atoms with Crippen LogP contribution in [0, 0.1) is 0 Å². The predicted octanol–water partition coefficient (Wildman–Crippen LogP) is 2.98. The minimum absolute atomic E-state index is 0.229. The van der Waals surface area contributed by atoms with Gasteiger partial charge in [-0.05, 0) is 13.3 Å². The summed E-state index contributed by atoms with van der Waals surface area (Å²) in [5.41, 5.74) is -3.42. The molecule has 92 valence electrons. The van der Waals surface area contributed by atoms with E-state index in [1.54, 1.807) is 0 Å². The van der Waals surface area contributed by atoms with Crippen molar-refractivity contribution >= 4 is 0 Å². The number of halogens is 7. The molecule has 1 unspecified atom stereocenters. The van der Waals surface area contributed by atoms with Gasteiger partial charge in [0.25, 0.3) is 0 Å². The highest BCUT2D eigenvalue weighted by atomic mass is 19.4. The minimum atomic E-state index is -6.41. The molecule has 1 N–H and O–H groups in total. The first kappa shape index (κ1) is 14.5. The van der Waals surface area contributed by atoms with Crippen LogP contribution in [0.5, 0.6) is 0 Å². The lowest BCUT2D eigenvalue weighted by Crippen LogP contribution is -2.62. The normalized spacial score (nSPS) is 18.8. The summed E-state index contributed by atoms with van der Waals surface area (Å²) in [6.45, 7) is 1.10. The lowest BCUT2D eigenvalue weighted by molar-refractivity contribution is -0.386. The zero-order chi connectivity index (χ0) is 12.7. The van der Waals surface area contributed by atoms with Crippen LogP contribution in [-0.2, 0) is 0 Å². The van der Waals surface area contributed by atoms with Gasteiger partial charge < -0.3 is 5.11 Å². The van der Waals surface area contributed by atoms with Gasteiger partial charge in [-0.25, -0.2) is 0 Å². The van der Waals surface area contributed by atoms with Crippen molar-refractivity contribution in [2.24, 2.45) is 0 Å². The van der Waals surface area contributed by atoms with Gasteiger partial charge in [-0.2, -0.15) is 30.7 Å². The quantitative estimate of drug-likeness (QED) is 0.754. The van der Waals surface area contributed by atoms with E-state index in [1.165, 1.54) is 0 Å². The Morgan fingerprint density at radius 2 is 1.20 bits per heavy atom. The van der Waals surface area contributed by atoms with Crippen molar-refractivity contribution in [3.8, 4) is 0 Å². The van der Waals surface area contributed by atoms with E-state index in [0.717, 1.165) is 6.92 Å². The molecule has 0 aliphatic carbocycles. The molecular weight excluding hydrogens is 233 g/mol. The monoisotopic (exact) mass is 242 g/mol. The molecule has 0 aliphatic heterocycles. The van der Waals surface area contributed by atoms with Crippen LogP contribution in [0.4, 0.5) is 30.7 Å². The van der Waals surface area contributed by atoms with Crippen molar-refractivity contribution in [2.75, 3.05) is 0 Å². The summed E-state index contributed by atoms with van der Waals surface area (Å²) in [6, 6.07) is 0. The van der Waals surface area contributed by atoms with Crippen molar-refractivity contribution < 1.29 is 35.8 Å². The second-order valence-corrected chi connectivity index (χ2v) is 3.27. The molecule has 1 atom stereocenters. The average Bonchev–Trinajstić information content (AvgIpc) is 2.01. The van der Waals surface area contributed by atoms with Crippen LogP contribution in [0.15, 0.2) is 0 Å². The zero-order valence-corrected chi connectivity index (χ0v) is 7.80. The fourth-order valence-corrected chi connectivity index (χ4v) is 0.738. The van der Waals surface area contributed by atoms with Crippen molar-refractivity contribution in [3.63, 3.8) is 0 Å². The van der Waals surface area contributed by atoms with Crippen LogP contribution in [0.25, 0.3) is 0 Å². The van der Waals surface area contributed by atoms with Crippen LogP contribution >= 0.6 is 0 Å². The third-order valence-electron chi connectivity index (χ3n) is 2.12. The molecule has 0 aromatic carbocycles. The highest BCUT2D eigenvalue weighted by molar-refractivity contribution is 5.02. The Bertz CT molecular complexity index is 230. The van der Waals surface area contributed by atoms with E-state index in [9.17, 15) is 30.7 Å². The minimum Gasteiger partial charge on any atom is -0.384 e. The van der Waals surface area contributed by atoms with Crippen LogP contribution in [-0.4, -0.2) is 28.7 Å².